The highest BCUT2D eigenvalue weighted by molar-refractivity contribution is 7.80. The molecule has 2 aromatic rings. The second kappa shape index (κ2) is 7.25. The molecule has 128 valence electrons. The SMILES string of the molecule is CC1=C(C(=O)Nc2cccc(C)c2)[C@@H](c2ccccc2Cl)NC(=S)N1. The van der Waals surface area contributed by atoms with E-state index in [-0.39, 0.29) is 5.91 Å². The third-order valence-electron chi connectivity index (χ3n) is 4.01. The number of nitrogens with one attached hydrogen (secondary N) is 3. The van der Waals surface area contributed by atoms with Crippen molar-refractivity contribution in [1.29, 1.82) is 0 Å². The first-order valence-corrected chi connectivity index (χ1v) is 8.65. The van der Waals surface area contributed by atoms with Gasteiger partial charge in [-0.15, -0.1) is 0 Å². The minimum absolute atomic E-state index is 0.199. The molecule has 0 unspecified atom stereocenters. The lowest BCUT2D eigenvalue weighted by Gasteiger charge is -2.30. The van der Waals surface area contributed by atoms with E-state index >= 15 is 0 Å². The molecule has 0 bridgehead atoms. The van der Waals surface area contributed by atoms with Crippen LogP contribution in [0.3, 0.4) is 0 Å². The van der Waals surface area contributed by atoms with E-state index in [0.717, 1.165) is 16.8 Å². The fourth-order valence-corrected chi connectivity index (χ4v) is 3.37. The van der Waals surface area contributed by atoms with Gasteiger partial charge in [-0.3, -0.25) is 4.79 Å². The Morgan fingerprint density at radius 2 is 1.92 bits per heavy atom. The zero-order valence-electron chi connectivity index (χ0n) is 13.9. The Hall–Kier alpha value is -2.37. The van der Waals surface area contributed by atoms with E-state index < -0.39 is 6.04 Å². The van der Waals surface area contributed by atoms with Crippen LogP contribution in [0, 0.1) is 6.92 Å². The summed E-state index contributed by atoms with van der Waals surface area (Å²) in [5, 5.41) is 10.2. The molecule has 0 aromatic heterocycles. The minimum atomic E-state index is -0.410. The van der Waals surface area contributed by atoms with Crippen LogP contribution in [-0.4, -0.2) is 11.0 Å². The predicted molar refractivity (Wildman–Crippen MR) is 106 cm³/mol. The van der Waals surface area contributed by atoms with Crippen LogP contribution in [0.25, 0.3) is 0 Å². The van der Waals surface area contributed by atoms with Crippen LogP contribution in [0.5, 0.6) is 0 Å². The molecular formula is C19H18ClN3OS. The highest BCUT2D eigenvalue weighted by atomic mass is 35.5. The van der Waals surface area contributed by atoms with E-state index in [1.165, 1.54) is 0 Å². The van der Waals surface area contributed by atoms with Gasteiger partial charge in [-0.2, -0.15) is 0 Å². The first-order valence-electron chi connectivity index (χ1n) is 7.86. The highest BCUT2D eigenvalue weighted by Gasteiger charge is 2.31. The van der Waals surface area contributed by atoms with Crippen LogP contribution in [0.15, 0.2) is 59.8 Å². The van der Waals surface area contributed by atoms with Crippen LogP contribution in [0.4, 0.5) is 5.69 Å². The second-order valence-corrected chi connectivity index (χ2v) is 6.73. The average Bonchev–Trinajstić information content (AvgIpc) is 2.54. The summed E-state index contributed by atoms with van der Waals surface area (Å²) in [5.41, 5.74) is 3.90. The zero-order chi connectivity index (χ0) is 18.0. The molecule has 0 saturated carbocycles. The van der Waals surface area contributed by atoms with E-state index in [2.05, 4.69) is 16.0 Å². The van der Waals surface area contributed by atoms with E-state index in [1.54, 1.807) is 6.07 Å². The number of aryl methyl sites for hydroxylation is 1. The van der Waals surface area contributed by atoms with Crippen molar-refractivity contribution in [3.63, 3.8) is 0 Å². The normalized spacial score (nSPS) is 16.9. The number of thiocarbonyl (C=S) groups is 1. The smallest absolute Gasteiger partial charge is 0.255 e. The second-order valence-electron chi connectivity index (χ2n) is 5.92. The molecule has 0 fully saturated rings. The largest absolute Gasteiger partial charge is 0.351 e. The summed E-state index contributed by atoms with van der Waals surface area (Å²) in [5.74, 6) is -0.199. The van der Waals surface area contributed by atoms with Gasteiger partial charge in [-0.25, -0.2) is 0 Å². The third-order valence-corrected chi connectivity index (χ3v) is 4.57. The Kier molecular flexibility index (Phi) is 5.06. The first kappa shape index (κ1) is 17.5. The van der Waals surface area contributed by atoms with Crippen LogP contribution in [0.2, 0.25) is 5.02 Å². The highest BCUT2D eigenvalue weighted by Crippen LogP contribution is 2.32. The Morgan fingerprint density at radius 1 is 1.16 bits per heavy atom. The number of benzene rings is 2. The van der Waals surface area contributed by atoms with Gasteiger partial charge in [0, 0.05) is 16.4 Å². The van der Waals surface area contributed by atoms with E-state index in [9.17, 15) is 4.79 Å². The topological polar surface area (TPSA) is 53.2 Å². The van der Waals surface area contributed by atoms with Gasteiger partial charge < -0.3 is 16.0 Å². The van der Waals surface area contributed by atoms with Crippen LogP contribution in [-0.2, 0) is 4.79 Å². The molecule has 25 heavy (non-hydrogen) atoms. The lowest BCUT2D eigenvalue weighted by Crippen LogP contribution is -2.45. The van der Waals surface area contributed by atoms with Gasteiger partial charge in [0.25, 0.3) is 5.91 Å². The monoisotopic (exact) mass is 371 g/mol. The first-order chi connectivity index (χ1) is 12.0. The van der Waals surface area contributed by atoms with Crippen molar-refractivity contribution < 1.29 is 4.79 Å². The van der Waals surface area contributed by atoms with Gasteiger partial charge in [0.15, 0.2) is 5.11 Å². The summed E-state index contributed by atoms with van der Waals surface area (Å²) in [6, 6.07) is 14.7. The number of amides is 1. The Morgan fingerprint density at radius 3 is 2.64 bits per heavy atom. The molecule has 1 amide bonds. The van der Waals surface area contributed by atoms with Gasteiger partial charge in [0.2, 0.25) is 0 Å². The van der Waals surface area contributed by atoms with E-state index in [0.29, 0.717) is 21.4 Å². The van der Waals surface area contributed by atoms with Crippen LogP contribution >= 0.6 is 23.8 Å². The number of carbonyl (C=O) groups excluding carboxylic acids is 1. The molecule has 6 heteroatoms. The van der Waals surface area contributed by atoms with Crippen LogP contribution < -0.4 is 16.0 Å². The fourth-order valence-electron chi connectivity index (χ4n) is 2.86. The van der Waals surface area contributed by atoms with Crippen molar-refractivity contribution in [1.82, 2.24) is 10.6 Å². The summed E-state index contributed by atoms with van der Waals surface area (Å²) in [6.07, 6.45) is 0. The van der Waals surface area contributed by atoms with Gasteiger partial charge in [-0.1, -0.05) is 41.9 Å². The lowest BCUT2D eigenvalue weighted by atomic mass is 9.95. The van der Waals surface area contributed by atoms with Crippen molar-refractivity contribution in [2.45, 2.75) is 19.9 Å². The van der Waals surface area contributed by atoms with Gasteiger partial charge in [0.1, 0.15) is 0 Å². The number of hydrogen-bond acceptors (Lipinski definition) is 2. The average molecular weight is 372 g/mol. The molecule has 4 nitrogen and oxygen atoms in total. The molecule has 1 atom stereocenters. The number of halogens is 1. The van der Waals surface area contributed by atoms with Crippen molar-refractivity contribution >= 4 is 40.5 Å². The minimum Gasteiger partial charge on any atom is -0.351 e. The third kappa shape index (κ3) is 3.83. The number of rotatable bonds is 3. The zero-order valence-corrected chi connectivity index (χ0v) is 15.5. The summed E-state index contributed by atoms with van der Waals surface area (Å²) in [6.45, 7) is 3.82. The van der Waals surface area contributed by atoms with Crippen molar-refractivity contribution in [2.24, 2.45) is 0 Å². The molecule has 1 aliphatic heterocycles. The molecular weight excluding hydrogens is 354 g/mol. The predicted octanol–water partition coefficient (Wildman–Crippen LogP) is 4.08. The maximum atomic E-state index is 13.0. The molecule has 3 N–H and O–H groups in total. The van der Waals surface area contributed by atoms with Crippen molar-refractivity contribution in [2.75, 3.05) is 5.32 Å². The molecule has 0 saturated heterocycles. The molecule has 1 heterocycles. The maximum absolute atomic E-state index is 13.0. The van der Waals surface area contributed by atoms with Crippen LogP contribution in [0.1, 0.15) is 24.1 Å². The quantitative estimate of drug-likeness (QED) is 0.711. The summed E-state index contributed by atoms with van der Waals surface area (Å²) >= 11 is 11.6. The summed E-state index contributed by atoms with van der Waals surface area (Å²) in [7, 11) is 0. The van der Waals surface area contributed by atoms with Gasteiger partial charge >= 0.3 is 0 Å². The number of carbonyl (C=O) groups is 1. The lowest BCUT2D eigenvalue weighted by molar-refractivity contribution is -0.113. The number of anilines is 1. The van der Waals surface area contributed by atoms with Gasteiger partial charge in [0.05, 0.1) is 11.6 Å². The molecule has 3 rings (SSSR count). The van der Waals surface area contributed by atoms with E-state index in [1.807, 2.05) is 56.3 Å². The fraction of sp³-hybridized carbons (Fsp3) is 0.158. The van der Waals surface area contributed by atoms with E-state index in [4.69, 9.17) is 23.8 Å². The molecule has 2 aromatic carbocycles. The standard InChI is InChI=1S/C19H18ClN3OS/c1-11-6-5-7-13(10-11)22-18(24)16-12(2)21-19(25)23-17(16)14-8-3-4-9-15(14)20/h3-10,17H,1-2H3,(H,22,24)(H2,21,23,25)/t17-/m1/s1. The molecule has 0 aliphatic carbocycles. The van der Waals surface area contributed by atoms with Gasteiger partial charge in [-0.05, 0) is 55.4 Å². The molecule has 0 radical (unpaired) electrons. The summed E-state index contributed by atoms with van der Waals surface area (Å²) < 4.78 is 0. The summed E-state index contributed by atoms with van der Waals surface area (Å²) in [4.78, 5) is 13.0. The maximum Gasteiger partial charge on any atom is 0.255 e. The Balaban J connectivity index is 1.97. The molecule has 1 aliphatic rings. The number of allylic oxidation sites excluding steroid dienone is 1. The Labute approximate surface area is 157 Å². The Bertz CT molecular complexity index is 878. The number of hydrogen-bond donors (Lipinski definition) is 3. The van der Waals surface area contributed by atoms with Crippen molar-refractivity contribution in [3.8, 4) is 0 Å². The van der Waals surface area contributed by atoms with Crippen molar-refractivity contribution in [3.05, 3.63) is 76.0 Å². The molecule has 0 spiro atoms.